The minimum atomic E-state index is -0.329. The first-order chi connectivity index (χ1) is 11.7. The van der Waals surface area contributed by atoms with Crippen LogP contribution in [0.4, 0.5) is 5.82 Å². The molecule has 4 heterocycles. The number of nitrogens with zero attached hydrogens (tertiary/aromatic N) is 4. The predicted octanol–water partition coefficient (Wildman–Crippen LogP) is 1.88. The predicted molar refractivity (Wildman–Crippen MR) is 87.9 cm³/mol. The molecule has 0 radical (unpaired) electrons. The van der Waals surface area contributed by atoms with Crippen molar-refractivity contribution in [1.29, 1.82) is 0 Å². The van der Waals surface area contributed by atoms with E-state index < -0.39 is 0 Å². The molecule has 2 bridgehead atoms. The molecule has 2 atom stereocenters. The summed E-state index contributed by atoms with van der Waals surface area (Å²) in [6.07, 6.45) is 3.28. The molecular weight excluding hydrogens is 304 g/mol. The smallest absolute Gasteiger partial charge is 0.341 e. The van der Waals surface area contributed by atoms with Gasteiger partial charge in [-0.1, -0.05) is 6.07 Å². The zero-order valence-corrected chi connectivity index (χ0v) is 13.8. The lowest BCUT2D eigenvalue weighted by molar-refractivity contribution is 0.0526. The Morgan fingerprint density at radius 2 is 2.21 bits per heavy atom. The number of aromatic nitrogens is 3. The molecule has 2 saturated heterocycles. The molecule has 2 aromatic heterocycles. The van der Waals surface area contributed by atoms with Crippen LogP contribution in [0.15, 0.2) is 24.5 Å². The lowest BCUT2D eigenvalue weighted by Crippen LogP contribution is -2.21. The van der Waals surface area contributed by atoms with Crippen LogP contribution >= 0.6 is 0 Å². The number of carbonyl (C=O) groups is 1. The Morgan fingerprint density at radius 1 is 1.38 bits per heavy atom. The van der Waals surface area contributed by atoms with Crippen LogP contribution in [0.2, 0.25) is 0 Å². The zero-order valence-electron chi connectivity index (χ0n) is 13.8. The summed E-state index contributed by atoms with van der Waals surface area (Å²) in [5, 5.41) is 4.26. The van der Waals surface area contributed by atoms with Crippen molar-refractivity contribution in [1.82, 2.24) is 14.8 Å². The average molecular weight is 324 g/mol. The van der Waals surface area contributed by atoms with E-state index in [2.05, 4.69) is 22.1 Å². The van der Waals surface area contributed by atoms with Crippen molar-refractivity contribution in [2.75, 3.05) is 18.1 Å². The molecule has 2 saturated carbocycles. The molecule has 6 nitrogen and oxygen atoms in total. The second-order valence-electron chi connectivity index (χ2n) is 7.02. The Balaban J connectivity index is 1.31. The van der Waals surface area contributed by atoms with E-state index in [0.717, 1.165) is 40.9 Å². The third-order valence-electron chi connectivity index (χ3n) is 5.66. The van der Waals surface area contributed by atoms with Gasteiger partial charge in [0.1, 0.15) is 5.82 Å². The van der Waals surface area contributed by atoms with Crippen LogP contribution in [0.3, 0.4) is 0 Å². The van der Waals surface area contributed by atoms with Gasteiger partial charge in [0.05, 0.1) is 24.9 Å². The molecule has 2 aliphatic carbocycles. The van der Waals surface area contributed by atoms with Crippen LogP contribution in [0.5, 0.6) is 0 Å². The number of ether oxygens (including phenoxy) is 1. The summed E-state index contributed by atoms with van der Waals surface area (Å²) in [7, 11) is 0. The van der Waals surface area contributed by atoms with E-state index in [0.29, 0.717) is 18.7 Å². The molecule has 0 spiro atoms. The largest absolute Gasteiger partial charge is 0.462 e. The van der Waals surface area contributed by atoms with Gasteiger partial charge in [0.2, 0.25) is 0 Å². The fraction of sp³-hybridized carbons (Fsp3) is 0.500. The molecule has 4 fully saturated rings. The van der Waals surface area contributed by atoms with Gasteiger partial charge in [-0.2, -0.15) is 5.10 Å². The maximum Gasteiger partial charge on any atom is 0.341 e. The number of carbonyl (C=O) groups excluding carboxylic acids is 1. The van der Waals surface area contributed by atoms with E-state index in [4.69, 9.17) is 9.72 Å². The van der Waals surface area contributed by atoms with E-state index >= 15 is 0 Å². The number of anilines is 1. The van der Waals surface area contributed by atoms with E-state index in [1.165, 1.54) is 6.54 Å². The van der Waals surface area contributed by atoms with Crippen molar-refractivity contribution in [2.24, 2.45) is 17.8 Å². The summed E-state index contributed by atoms with van der Waals surface area (Å²) in [5.41, 5.74) is 2.63. The van der Waals surface area contributed by atoms with Crippen molar-refractivity contribution >= 4 is 11.8 Å². The molecular formula is C18H20N4O2. The number of fused-ring (bicyclic) bond motifs is 1. The monoisotopic (exact) mass is 324 g/mol. The second kappa shape index (κ2) is 4.82. The fourth-order valence-corrected chi connectivity index (χ4v) is 4.23. The maximum absolute atomic E-state index is 11.7. The van der Waals surface area contributed by atoms with Crippen LogP contribution in [0, 0.1) is 24.7 Å². The van der Waals surface area contributed by atoms with Crippen LogP contribution in [-0.4, -0.2) is 39.9 Å². The molecule has 2 unspecified atom stereocenters. The SMILES string of the molecule is CCOC(=O)c1cnn(Cc2ccc(N3CC4C5C4C53)nc2C)c1. The van der Waals surface area contributed by atoms with Gasteiger partial charge in [0.25, 0.3) is 0 Å². The van der Waals surface area contributed by atoms with Gasteiger partial charge in [-0.05, 0) is 43.2 Å². The molecule has 2 aliphatic heterocycles. The summed E-state index contributed by atoms with van der Waals surface area (Å²) in [6, 6.07) is 5.04. The molecule has 0 amide bonds. The Labute approximate surface area is 140 Å². The van der Waals surface area contributed by atoms with Gasteiger partial charge >= 0.3 is 5.97 Å². The fourth-order valence-electron chi connectivity index (χ4n) is 4.23. The maximum atomic E-state index is 11.7. The summed E-state index contributed by atoms with van der Waals surface area (Å²) in [6.45, 7) is 6.00. The van der Waals surface area contributed by atoms with E-state index in [9.17, 15) is 4.79 Å². The van der Waals surface area contributed by atoms with Gasteiger partial charge < -0.3 is 9.64 Å². The van der Waals surface area contributed by atoms with Crippen LogP contribution in [0.25, 0.3) is 0 Å². The molecule has 6 rings (SSSR count). The number of pyridine rings is 1. The van der Waals surface area contributed by atoms with E-state index in [1.54, 1.807) is 24.0 Å². The normalized spacial score (nSPS) is 28.7. The Bertz CT molecular complexity index is 813. The zero-order chi connectivity index (χ0) is 16.4. The molecule has 0 aromatic carbocycles. The Kier molecular flexibility index (Phi) is 2.81. The van der Waals surface area contributed by atoms with E-state index in [-0.39, 0.29) is 5.97 Å². The highest BCUT2D eigenvalue weighted by Gasteiger charge is 2.80. The number of aryl methyl sites for hydroxylation is 1. The van der Waals surface area contributed by atoms with Gasteiger partial charge in [-0.15, -0.1) is 0 Å². The summed E-state index contributed by atoms with van der Waals surface area (Å²) in [5.74, 6) is 3.71. The third kappa shape index (κ3) is 1.98. The number of esters is 1. The molecule has 124 valence electrons. The van der Waals surface area contributed by atoms with Gasteiger partial charge in [-0.3, -0.25) is 4.68 Å². The van der Waals surface area contributed by atoms with Gasteiger partial charge in [0, 0.05) is 24.5 Å². The lowest BCUT2D eigenvalue weighted by Gasteiger charge is -2.18. The average Bonchev–Trinajstić information content (AvgIpc) is 3.23. The first kappa shape index (κ1) is 14.0. The third-order valence-corrected chi connectivity index (χ3v) is 5.66. The van der Waals surface area contributed by atoms with Crippen molar-refractivity contribution in [3.8, 4) is 0 Å². The molecule has 6 heteroatoms. The highest BCUT2D eigenvalue weighted by atomic mass is 16.5. The first-order valence-corrected chi connectivity index (χ1v) is 8.60. The minimum Gasteiger partial charge on any atom is -0.462 e. The summed E-state index contributed by atoms with van der Waals surface area (Å²) in [4.78, 5) is 19.0. The minimum absolute atomic E-state index is 0.329. The standard InChI is InChI=1S/C18H20N4O2/c1-3-24-18(23)12-6-19-21(8-12)7-11-4-5-14(20-10(11)2)22-9-13-15-16(13)17(15)22/h4-6,8,13,15-17H,3,7,9H2,1-2H3. The highest BCUT2D eigenvalue weighted by Crippen LogP contribution is 2.75. The number of hydrogen-bond acceptors (Lipinski definition) is 5. The summed E-state index contributed by atoms with van der Waals surface area (Å²) < 4.78 is 6.75. The first-order valence-electron chi connectivity index (χ1n) is 8.60. The quantitative estimate of drug-likeness (QED) is 0.786. The van der Waals surface area contributed by atoms with Gasteiger partial charge in [0.15, 0.2) is 0 Å². The molecule has 24 heavy (non-hydrogen) atoms. The lowest BCUT2D eigenvalue weighted by atomic mass is 10.2. The van der Waals surface area contributed by atoms with Crippen LogP contribution < -0.4 is 4.90 Å². The van der Waals surface area contributed by atoms with Crippen molar-refractivity contribution < 1.29 is 9.53 Å². The molecule has 2 aromatic rings. The Hall–Kier alpha value is -2.37. The number of piperidine rings is 1. The second-order valence-corrected chi connectivity index (χ2v) is 7.02. The van der Waals surface area contributed by atoms with Crippen LogP contribution in [-0.2, 0) is 11.3 Å². The van der Waals surface area contributed by atoms with Gasteiger partial charge in [-0.25, -0.2) is 9.78 Å². The van der Waals surface area contributed by atoms with Crippen LogP contribution in [0.1, 0.15) is 28.5 Å². The number of rotatable bonds is 5. The highest BCUT2D eigenvalue weighted by molar-refractivity contribution is 5.88. The van der Waals surface area contributed by atoms with Crippen molar-refractivity contribution in [2.45, 2.75) is 26.4 Å². The van der Waals surface area contributed by atoms with Crippen molar-refractivity contribution in [3.63, 3.8) is 0 Å². The molecule has 0 N–H and O–H groups in total. The van der Waals surface area contributed by atoms with E-state index in [1.807, 2.05) is 6.92 Å². The Morgan fingerprint density at radius 3 is 2.88 bits per heavy atom. The van der Waals surface area contributed by atoms with Crippen molar-refractivity contribution in [3.05, 3.63) is 41.3 Å². The molecule has 4 aliphatic rings. The topological polar surface area (TPSA) is 60.2 Å². The summed E-state index contributed by atoms with van der Waals surface area (Å²) >= 11 is 0. The number of hydrogen-bond donors (Lipinski definition) is 0.